The smallest absolute Gasteiger partial charge is 0.267 e. The summed E-state index contributed by atoms with van der Waals surface area (Å²) < 4.78 is 29.7. The highest BCUT2D eigenvalue weighted by Gasteiger charge is 2.16. The van der Waals surface area contributed by atoms with Crippen molar-refractivity contribution in [2.24, 2.45) is 0 Å². The second-order valence-corrected chi connectivity index (χ2v) is 2.88. The summed E-state index contributed by atoms with van der Waals surface area (Å²) in [5.74, 6) is 0.161. The van der Waals surface area contributed by atoms with Crippen molar-refractivity contribution in [3.63, 3.8) is 0 Å². The molecule has 1 heterocycles. The van der Waals surface area contributed by atoms with Gasteiger partial charge in [-0.25, -0.2) is 8.78 Å². The lowest BCUT2D eigenvalue weighted by atomic mass is 10.2. The van der Waals surface area contributed by atoms with E-state index < -0.39 is 6.43 Å². The first-order valence-corrected chi connectivity index (χ1v) is 4.68. The first-order chi connectivity index (χ1) is 6.20. The van der Waals surface area contributed by atoms with Crippen molar-refractivity contribution in [2.45, 2.75) is 11.8 Å². The van der Waals surface area contributed by atoms with E-state index in [4.69, 9.17) is 4.74 Å². The van der Waals surface area contributed by atoms with E-state index in [9.17, 15) is 8.78 Å². The predicted octanol–water partition coefficient (Wildman–Crippen LogP) is 2.92. The lowest BCUT2D eigenvalue weighted by molar-refractivity contribution is 0.146. The van der Waals surface area contributed by atoms with E-state index in [1.54, 1.807) is 0 Å². The molecule has 1 rings (SSSR count). The van der Waals surface area contributed by atoms with E-state index in [0.29, 0.717) is 11.0 Å². The molecule has 1 aromatic heterocycles. The number of pyridine rings is 1. The van der Waals surface area contributed by atoms with Crippen LogP contribution in [0.3, 0.4) is 0 Å². The molecule has 5 heteroatoms. The van der Waals surface area contributed by atoms with Gasteiger partial charge in [0, 0.05) is 11.5 Å². The van der Waals surface area contributed by atoms with Crippen LogP contribution in [0.5, 0.6) is 5.75 Å². The molecule has 0 aliphatic rings. The van der Waals surface area contributed by atoms with Gasteiger partial charge in [0.15, 0.2) is 0 Å². The van der Waals surface area contributed by atoms with Crippen LogP contribution in [0.25, 0.3) is 0 Å². The molecule has 0 saturated carbocycles. The number of hydrogen-bond acceptors (Lipinski definition) is 2. The fourth-order valence-electron chi connectivity index (χ4n) is 1.01. The molecule has 0 spiro atoms. The highest BCUT2D eigenvalue weighted by Crippen LogP contribution is 2.31. The molecule has 1 aromatic rings. The molecule has 0 saturated heterocycles. The van der Waals surface area contributed by atoms with Crippen molar-refractivity contribution in [3.8, 4) is 5.75 Å². The topological polar surface area (TPSA) is 22.1 Å². The van der Waals surface area contributed by atoms with Crippen molar-refractivity contribution in [3.05, 3.63) is 23.5 Å². The zero-order chi connectivity index (χ0) is 9.84. The van der Waals surface area contributed by atoms with E-state index in [1.165, 1.54) is 19.4 Å². The van der Waals surface area contributed by atoms with Crippen molar-refractivity contribution in [2.75, 3.05) is 7.11 Å². The summed E-state index contributed by atoms with van der Waals surface area (Å²) in [5.41, 5.74) is 0.368. The molecule has 0 amide bonds. The molecular formula is C8H8BrF2NO. The zero-order valence-electron chi connectivity index (χ0n) is 6.93. The van der Waals surface area contributed by atoms with Crippen LogP contribution in [0.2, 0.25) is 0 Å². The van der Waals surface area contributed by atoms with Crippen molar-refractivity contribution >= 4 is 15.9 Å². The van der Waals surface area contributed by atoms with E-state index in [2.05, 4.69) is 20.9 Å². The van der Waals surface area contributed by atoms with Crippen LogP contribution in [-0.4, -0.2) is 12.1 Å². The van der Waals surface area contributed by atoms with Crippen LogP contribution in [-0.2, 0) is 5.33 Å². The number of nitrogens with zero attached hydrogens (tertiary/aromatic N) is 1. The Bertz CT molecular complexity index is 293. The summed E-state index contributed by atoms with van der Waals surface area (Å²) in [4.78, 5) is 3.91. The van der Waals surface area contributed by atoms with Gasteiger partial charge in [0.05, 0.1) is 18.4 Å². The van der Waals surface area contributed by atoms with E-state index in [1.807, 2.05) is 0 Å². The van der Waals surface area contributed by atoms with Gasteiger partial charge >= 0.3 is 0 Å². The molecule has 0 aromatic carbocycles. The Labute approximate surface area is 83.1 Å². The minimum Gasteiger partial charge on any atom is -0.494 e. The van der Waals surface area contributed by atoms with Gasteiger partial charge in [-0.3, -0.25) is 4.98 Å². The molecule has 72 valence electrons. The molecule has 2 nitrogen and oxygen atoms in total. The van der Waals surface area contributed by atoms with Gasteiger partial charge in [-0.2, -0.15) is 0 Å². The average Bonchev–Trinajstić information content (AvgIpc) is 2.16. The summed E-state index contributed by atoms with van der Waals surface area (Å²) in [6.07, 6.45) is -1.18. The maximum absolute atomic E-state index is 12.4. The molecule has 0 N–H and O–H groups in total. The van der Waals surface area contributed by atoms with E-state index in [0.717, 1.165) is 0 Å². The van der Waals surface area contributed by atoms with Crippen LogP contribution in [0, 0.1) is 0 Å². The lowest BCUT2D eigenvalue weighted by Crippen LogP contribution is -1.98. The lowest BCUT2D eigenvalue weighted by Gasteiger charge is -2.09. The van der Waals surface area contributed by atoms with Crippen LogP contribution in [0.1, 0.15) is 17.7 Å². The predicted molar refractivity (Wildman–Crippen MR) is 48.4 cm³/mol. The monoisotopic (exact) mass is 251 g/mol. The standard InChI is InChI=1S/C8H8BrF2NO/c1-13-7-5(8(10)11)2-3-12-6(7)4-9/h2-3,8H,4H2,1H3. The molecular weight excluding hydrogens is 244 g/mol. The minimum absolute atomic E-state index is 0.119. The van der Waals surface area contributed by atoms with Crippen molar-refractivity contribution < 1.29 is 13.5 Å². The van der Waals surface area contributed by atoms with Crippen molar-refractivity contribution in [1.29, 1.82) is 0 Å². The van der Waals surface area contributed by atoms with Gasteiger partial charge < -0.3 is 4.74 Å². The average molecular weight is 252 g/mol. The number of aromatic nitrogens is 1. The summed E-state index contributed by atoms with van der Waals surface area (Å²) in [6.45, 7) is 0. The van der Waals surface area contributed by atoms with Gasteiger partial charge in [-0.15, -0.1) is 0 Å². The maximum Gasteiger partial charge on any atom is 0.267 e. The number of ether oxygens (including phenoxy) is 1. The SMILES string of the molecule is COc1c(C(F)F)ccnc1CBr. The first kappa shape index (κ1) is 10.4. The van der Waals surface area contributed by atoms with Crippen molar-refractivity contribution in [1.82, 2.24) is 4.98 Å². The molecule has 0 unspecified atom stereocenters. The highest BCUT2D eigenvalue weighted by atomic mass is 79.9. The maximum atomic E-state index is 12.4. The fraction of sp³-hybridized carbons (Fsp3) is 0.375. The molecule has 0 bridgehead atoms. The molecule has 0 aliphatic carbocycles. The third-order valence-electron chi connectivity index (χ3n) is 1.57. The Kier molecular flexibility index (Phi) is 3.59. The Morgan fingerprint density at radius 2 is 2.31 bits per heavy atom. The summed E-state index contributed by atoms with van der Waals surface area (Å²) in [5, 5.41) is 0.400. The summed E-state index contributed by atoms with van der Waals surface area (Å²) in [6, 6.07) is 1.26. The fourth-order valence-corrected chi connectivity index (χ4v) is 1.41. The third-order valence-corrected chi connectivity index (χ3v) is 2.11. The molecule has 0 fully saturated rings. The van der Waals surface area contributed by atoms with Gasteiger partial charge in [0.2, 0.25) is 0 Å². The Morgan fingerprint density at radius 3 is 2.77 bits per heavy atom. The van der Waals surface area contributed by atoms with Gasteiger partial charge in [-0.05, 0) is 6.07 Å². The number of hydrogen-bond donors (Lipinski definition) is 0. The molecule has 0 aliphatic heterocycles. The largest absolute Gasteiger partial charge is 0.494 e. The zero-order valence-corrected chi connectivity index (χ0v) is 8.51. The third kappa shape index (κ3) is 2.15. The quantitative estimate of drug-likeness (QED) is 0.771. The molecule has 0 atom stereocenters. The second-order valence-electron chi connectivity index (χ2n) is 2.31. The number of methoxy groups -OCH3 is 1. The molecule has 13 heavy (non-hydrogen) atoms. The Morgan fingerprint density at radius 1 is 1.62 bits per heavy atom. The van der Waals surface area contributed by atoms with Crippen LogP contribution >= 0.6 is 15.9 Å². The van der Waals surface area contributed by atoms with Crippen LogP contribution < -0.4 is 4.74 Å². The number of rotatable bonds is 3. The van der Waals surface area contributed by atoms with Crippen LogP contribution in [0.15, 0.2) is 12.3 Å². The second kappa shape index (κ2) is 4.50. The number of alkyl halides is 3. The Balaban J connectivity index is 3.19. The summed E-state index contributed by atoms with van der Waals surface area (Å²) >= 11 is 3.15. The summed E-state index contributed by atoms with van der Waals surface area (Å²) in [7, 11) is 1.36. The van der Waals surface area contributed by atoms with E-state index >= 15 is 0 Å². The minimum atomic E-state index is -2.53. The normalized spacial score (nSPS) is 10.5. The van der Waals surface area contributed by atoms with Gasteiger partial charge in [-0.1, -0.05) is 15.9 Å². The highest BCUT2D eigenvalue weighted by molar-refractivity contribution is 9.08. The number of halogens is 3. The molecule has 0 radical (unpaired) electrons. The van der Waals surface area contributed by atoms with E-state index in [-0.39, 0.29) is 11.3 Å². The van der Waals surface area contributed by atoms with Gasteiger partial charge in [0.25, 0.3) is 6.43 Å². The van der Waals surface area contributed by atoms with Crippen LogP contribution in [0.4, 0.5) is 8.78 Å². The Hall–Kier alpha value is -0.710. The van der Waals surface area contributed by atoms with Gasteiger partial charge in [0.1, 0.15) is 5.75 Å². The first-order valence-electron chi connectivity index (χ1n) is 3.56.